The molecule has 0 spiro atoms. The number of carbonyl (C=O) groups excluding carboxylic acids is 4. The number of hydrogen-bond donors (Lipinski definition) is 1. The molecule has 1 aliphatic rings. The van der Waals surface area contributed by atoms with Crippen molar-refractivity contribution in [2.75, 3.05) is 13.2 Å². The highest BCUT2D eigenvalue weighted by molar-refractivity contribution is 5.87. The molecule has 0 saturated carbocycles. The van der Waals surface area contributed by atoms with Crippen LogP contribution in [0.5, 0.6) is 5.75 Å². The topological polar surface area (TPSA) is 187 Å². The lowest BCUT2D eigenvalue weighted by Gasteiger charge is -2.43. The lowest BCUT2D eigenvalue weighted by atomic mass is 9.98. The largest absolute Gasteiger partial charge is 0.461 e. The summed E-state index contributed by atoms with van der Waals surface area (Å²) in [5.41, 5.74) is -0.606. The number of esters is 4. The summed E-state index contributed by atoms with van der Waals surface area (Å²) >= 11 is 0. The zero-order valence-electron chi connectivity index (χ0n) is 23.0. The van der Waals surface area contributed by atoms with E-state index in [1.54, 1.807) is 13.0 Å². The maximum Gasteiger partial charge on any atom is 0.374 e. The van der Waals surface area contributed by atoms with Crippen LogP contribution < -0.4 is 10.4 Å². The van der Waals surface area contributed by atoms with E-state index in [0.717, 1.165) is 20.8 Å². The van der Waals surface area contributed by atoms with Crippen LogP contribution in [0.1, 0.15) is 38.2 Å². The number of aliphatic hydroxyl groups is 1. The van der Waals surface area contributed by atoms with Gasteiger partial charge in [-0.1, -0.05) is 0 Å². The Bertz CT molecular complexity index is 1530. The van der Waals surface area contributed by atoms with Gasteiger partial charge in [0.1, 0.15) is 28.8 Å². The van der Waals surface area contributed by atoms with Crippen molar-refractivity contribution in [1.82, 2.24) is 0 Å². The Morgan fingerprint density at radius 2 is 1.52 bits per heavy atom. The quantitative estimate of drug-likeness (QED) is 0.217. The van der Waals surface area contributed by atoms with Crippen molar-refractivity contribution in [3.8, 4) is 17.1 Å². The molecule has 0 bridgehead atoms. The fourth-order valence-corrected chi connectivity index (χ4v) is 4.36. The molecule has 0 amide bonds. The summed E-state index contributed by atoms with van der Waals surface area (Å²) in [5.74, 6) is -2.87. The lowest BCUT2D eigenvalue weighted by molar-refractivity contribution is -0.287. The molecule has 42 heavy (non-hydrogen) atoms. The fourth-order valence-electron chi connectivity index (χ4n) is 4.36. The smallest absolute Gasteiger partial charge is 0.374 e. The monoisotopic (exact) mass is 588 g/mol. The van der Waals surface area contributed by atoms with Gasteiger partial charge >= 0.3 is 29.5 Å². The zero-order chi connectivity index (χ0) is 30.6. The first-order chi connectivity index (χ1) is 20.0. The Kier molecular flexibility index (Phi) is 9.28. The summed E-state index contributed by atoms with van der Waals surface area (Å²) in [6, 6.07) is 8.75. The highest BCUT2D eigenvalue weighted by atomic mass is 16.7. The van der Waals surface area contributed by atoms with Crippen LogP contribution in [-0.4, -0.2) is 72.9 Å². The molecule has 1 N–H and O–H groups in total. The molecular formula is C28H28O14. The minimum absolute atomic E-state index is 0.0591. The van der Waals surface area contributed by atoms with E-state index < -0.39 is 66.8 Å². The number of aliphatic hydroxyl groups excluding tert-OH is 1. The third-order valence-corrected chi connectivity index (χ3v) is 5.99. The van der Waals surface area contributed by atoms with Gasteiger partial charge in [-0.2, -0.15) is 0 Å². The van der Waals surface area contributed by atoms with E-state index in [-0.39, 0.29) is 35.0 Å². The molecule has 3 aromatic rings. The van der Waals surface area contributed by atoms with Gasteiger partial charge in [-0.15, -0.1) is 0 Å². The van der Waals surface area contributed by atoms with Gasteiger partial charge in [-0.3, -0.25) is 14.4 Å². The van der Waals surface area contributed by atoms with Gasteiger partial charge in [0.2, 0.25) is 18.2 Å². The van der Waals surface area contributed by atoms with E-state index in [9.17, 15) is 29.1 Å². The van der Waals surface area contributed by atoms with Gasteiger partial charge in [0, 0.05) is 32.2 Å². The summed E-state index contributed by atoms with van der Waals surface area (Å²) in [5, 5.41) is 10.4. The third kappa shape index (κ3) is 6.78. The van der Waals surface area contributed by atoms with Crippen LogP contribution in [0.4, 0.5) is 0 Å². The summed E-state index contributed by atoms with van der Waals surface area (Å²) in [7, 11) is 0. The van der Waals surface area contributed by atoms with Gasteiger partial charge < -0.3 is 42.4 Å². The molecule has 1 aromatic carbocycles. The maximum atomic E-state index is 12.8. The van der Waals surface area contributed by atoms with Crippen molar-refractivity contribution in [3.05, 3.63) is 52.6 Å². The SMILES string of the molecule is CCOC(=O)c1ccc(-c2cc3ccc(O[C@@H]4O[C@H](CO)[C@H](OC(C)=O)[C@H](OC(C)=O)[C@H]4OC(C)=O)cc3oc2=O)o1. The molecular weight excluding hydrogens is 560 g/mol. The number of carbonyl (C=O) groups is 4. The number of benzene rings is 1. The average molecular weight is 589 g/mol. The molecule has 1 saturated heterocycles. The van der Waals surface area contributed by atoms with Gasteiger partial charge in [0.25, 0.3) is 0 Å². The number of fused-ring (bicyclic) bond motifs is 1. The second kappa shape index (κ2) is 12.9. The van der Waals surface area contributed by atoms with Gasteiger partial charge in [-0.05, 0) is 37.3 Å². The van der Waals surface area contributed by atoms with E-state index in [2.05, 4.69) is 0 Å². The Morgan fingerprint density at radius 3 is 2.17 bits per heavy atom. The Hall–Kier alpha value is -4.69. The first-order valence-electron chi connectivity index (χ1n) is 12.8. The summed E-state index contributed by atoms with van der Waals surface area (Å²) in [6.45, 7) is 4.47. The van der Waals surface area contributed by atoms with Crippen molar-refractivity contribution in [2.45, 2.75) is 58.4 Å². The van der Waals surface area contributed by atoms with Gasteiger partial charge in [0.15, 0.2) is 12.2 Å². The van der Waals surface area contributed by atoms with Crippen molar-refractivity contribution in [2.24, 2.45) is 0 Å². The first kappa shape index (κ1) is 30.3. The summed E-state index contributed by atoms with van der Waals surface area (Å²) in [4.78, 5) is 60.3. The van der Waals surface area contributed by atoms with Gasteiger partial charge in [0.05, 0.1) is 13.2 Å². The van der Waals surface area contributed by atoms with E-state index in [1.807, 2.05) is 0 Å². The maximum absolute atomic E-state index is 12.8. The number of furan rings is 1. The Balaban J connectivity index is 1.65. The predicted molar refractivity (Wildman–Crippen MR) is 139 cm³/mol. The minimum atomic E-state index is -1.45. The summed E-state index contributed by atoms with van der Waals surface area (Å²) in [6.07, 6.45) is -6.80. The van der Waals surface area contributed by atoms with Crippen LogP contribution in [0.2, 0.25) is 0 Å². The molecule has 5 atom stereocenters. The molecule has 14 nitrogen and oxygen atoms in total. The van der Waals surface area contributed by atoms with Gasteiger partial charge in [-0.25, -0.2) is 9.59 Å². The number of ether oxygens (including phenoxy) is 6. The molecule has 0 unspecified atom stereocenters. The average Bonchev–Trinajstić information content (AvgIpc) is 3.41. The zero-order valence-corrected chi connectivity index (χ0v) is 23.0. The van der Waals surface area contributed by atoms with Crippen LogP contribution in [0.3, 0.4) is 0 Å². The van der Waals surface area contributed by atoms with E-state index >= 15 is 0 Å². The fraction of sp³-hybridized carbons (Fsp3) is 0.393. The predicted octanol–water partition coefficient (Wildman–Crippen LogP) is 2.12. The highest BCUT2D eigenvalue weighted by Crippen LogP contribution is 2.32. The highest BCUT2D eigenvalue weighted by Gasteiger charge is 2.52. The number of rotatable bonds is 9. The normalized spacial score (nSPS) is 21.8. The van der Waals surface area contributed by atoms with Crippen LogP contribution in [0, 0.1) is 0 Å². The first-order valence-corrected chi connectivity index (χ1v) is 12.8. The molecule has 4 rings (SSSR count). The van der Waals surface area contributed by atoms with Crippen LogP contribution in [0.25, 0.3) is 22.3 Å². The molecule has 0 aliphatic carbocycles. The van der Waals surface area contributed by atoms with E-state index in [0.29, 0.717) is 5.39 Å². The Labute approximate surface area is 238 Å². The molecule has 3 heterocycles. The standard InChI is InChI=1S/C28H28O14/c1-5-35-27(34)20-9-8-19(40-20)18-10-16-6-7-17(11-21(16)41-26(18)33)39-28-25(38-15(4)32)24(37-14(3)31)23(36-13(2)30)22(12-29)42-28/h6-11,22-25,28-29H,5,12H2,1-4H3/t22-,23+,24+,25-,28-/m1/s1. The van der Waals surface area contributed by atoms with E-state index in [1.165, 1.54) is 30.3 Å². The molecule has 0 radical (unpaired) electrons. The van der Waals surface area contributed by atoms with Crippen LogP contribution in [0.15, 0.2) is 50.0 Å². The van der Waals surface area contributed by atoms with Crippen LogP contribution >= 0.6 is 0 Å². The molecule has 1 aliphatic heterocycles. The second-order valence-corrected chi connectivity index (χ2v) is 9.10. The molecule has 2 aromatic heterocycles. The minimum Gasteiger partial charge on any atom is -0.461 e. The van der Waals surface area contributed by atoms with Crippen molar-refractivity contribution in [3.63, 3.8) is 0 Å². The third-order valence-electron chi connectivity index (χ3n) is 5.99. The van der Waals surface area contributed by atoms with E-state index in [4.69, 9.17) is 37.3 Å². The number of hydrogen-bond acceptors (Lipinski definition) is 14. The summed E-state index contributed by atoms with van der Waals surface area (Å²) < 4.78 is 43.4. The van der Waals surface area contributed by atoms with Crippen molar-refractivity contribution < 1.29 is 61.5 Å². The Morgan fingerprint density at radius 1 is 0.857 bits per heavy atom. The van der Waals surface area contributed by atoms with Crippen molar-refractivity contribution >= 4 is 34.8 Å². The molecule has 1 fully saturated rings. The van der Waals surface area contributed by atoms with Crippen molar-refractivity contribution in [1.29, 1.82) is 0 Å². The second-order valence-electron chi connectivity index (χ2n) is 9.10. The molecule has 14 heteroatoms. The lowest BCUT2D eigenvalue weighted by Crippen LogP contribution is -2.63. The van der Waals surface area contributed by atoms with Crippen LogP contribution in [-0.2, 0) is 38.1 Å². The molecule has 224 valence electrons.